The Morgan fingerprint density at radius 3 is 2.42 bits per heavy atom. The molecule has 0 spiro atoms. The summed E-state index contributed by atoms with van der Waals surface area (Å²) in [5, 5.41) is 12.9. The quantitative estimate of drug-likeness (QED) is 0.563. The fourth-order valence-corrected chi connectivity index (χ4v) is 5.76. The van der Waals surface area contributed by atoms with E-state index >= 15 is 0 Å². The van der Waals surface area contributed by atoms with Gasteiger partial charge in [-0.3, -0.25) is 9.69 Å². The van der Waals surface area contributed by atoms with Gasteiger partial charge in [-0.1, -0.05) is 69.5 Å². The summed E-state index contributed by atoms with van der Waals surface area (Å²) in [4.78, 5) is 15.7. The lowest BCUT2D eigenvalue weighted by Gasteiger charge is -2.34. The highest BCUT2D eigenvalue weighted by Crippen LogP contribution is 2.41. The molecule has 1 amide bonds. The lowest BCUT2D eigenvalue weighted by molar-refractivity contribution is 0.0916. The van der Waals surface area contributed by atoms with Crippen molar-refractivity contribution in [2.75, 3.05) is 13.2 Å². The highest BCUT2D eigenvalue weighted by Gasteiger charge is 2.34. The number of amides is 1. The molecule has 0 radical (unpaired) electrons. The Labute approximate surface area is 199 Å². The highest BCUT2D eigenvalue weighted by atomic mass is 16.3. The molecule has 0 aromatic heterocycles. The number of carbonyl (C=O) groups excluding carboxylic acids is 1. The van der Waals surface area contributed by atoms with Crippen LogP contribution in [0.2, 0.25) is 0 Å². The third-order valence-electron chi connectivity index (χ3n) is 7.72. The zero-order valence-electron chi connectivity index (χ0n) is 20.7. The molecule has 178 valence electrons. The van der Waals surface area contributed by atoms with E-state index in [9.17, 15) is 9.90 Å². The number of nitrogens with zero attached hydrogens (tertiary/aromatic N) is 1. The van der Waals surface area contributed by atoms with E-state index in [0.29, 0.717) is 17.5 Å². The van der Waals surface area contributed by atoms with Crippen molar-refractivity contribution in [3.63, 3.8) is 0 Å². The monoisotopic (exact) mass is 448 g/mol. The van der Waals surface area contributed by atoms with Crippen molar-refractivity contribution in [3.05, 3.63) is 70.3 Å². The summed E-state index contributed by atoms with van der Waals surface area (Å²) < 4.78 is 0. The lowest BCUT2D eigenvalue weighted by atomic mass is 9.82. The molecule has 2 aromatic carbocycles. The van der Waals surface area contributed by atoms with Gasteiger partial charge in [0, 0.05) is 24.7 Å². The van der Waals surface area contributed by atoms with Crippen LogP contribution in [0.15, 0.2) is 42.5 Å². The molecule has 4 rings (SSSR count). The summed E-state index contributed by atoms with van der Waals surface area (Å²) in [7, 11) is 0. The molecule has 1 heterocycles. The molecule has 1 aliphatic heterocycles. The maximum atomic E-state index is 13.1. The molecule has 1 fully saturated rings. The first-order valence-corrected chi connectivity index (χ1v) is 12.7. The molecule has 2 aliphatic rings. The van der Waals surface area contributed by atoms with E-state index in [0.717, 1.165) is 36.1 Å². The first-order chi connectivity index (χ1) is 15.9. The van der Waals surface area contributed by atoms with Gasteiger partial charge in [0.15, 0.2) is 0 Å². The van der Waals surface area contributed by atoms with Crippen molar-refractivity contribution in [2.24, 2.45) is 17.8 Å². The molecule has 33 heavy (non-hydrogen) atoms. The molecule has 2 N–H and O–H groups in total. The van der Waals surface area contributed by atoms with Crippen LogP contribution in [0.25, 0.3) is 0 Å². The summed E-state index contributed by atoms with van der Waals surface area (Å²) in [6.45, 7) is 11.0. The number of aliphatic hydroxyl groups is 1. The maximum Gasteiger partial charge on any atom is 0.251 e. The zero-order valence-corrected chi connectivity index (χ0v) is 20.7. The van der Waals surface area contributed by atoms with Crippen molar-refractivity contribution >= 4 is 5.91 Å². The number of hydrogen-bond donors (Lipinski definition) is 2. The van der Waals surface area contributed by atoms with Crippen LogP contribution in [0.5, 0.6) is 0 Å². The summed E-state index contributed by atoms with van der Waals surface area (Å²) in [5.74, 6) is 2.08. The van der Waals surface area contributed by atoms with Gasteiger partial charge in [-0.2, -0.15) is 0 Å². The molecule has 0 saturated heterocycles. The lowest BCUT2D eigenvalue weighted by Crippen LogP contribution is -2.32. The SMILES string of the molecule is Cc1ccc([C@H](CO)NC(=O)c2ccc3c(c2)CN(C[C@H]2CC[C@H](C)CC2)[C@@H]3C(C)C)cc1. The van der Waals surface area contributed by atoms with Crippen LogP contribution in [0.3, 0.4) is 0 Å². The van der Waals surface area contributed by atoms with Gasteiger partial charge >= 0.3 is 0 Å². The highest BCUT2D eigenvalue weighted by molar-refractivity contribution is 5.94. The zero-order chi connectivity index (χ0) is 23.5. The third kappa shape index (κ3) is 5.50. The Hall–Kier alpha value is -2.17. The number of nitrogens with one attached hydrogen (secondary N) is 1. The number of carbonyl (C=O) groups is 1. The number of aliphatic hydroxyl groups excluding tert-OH is 1. The maximum absolute atomic E-state index is 13.1. The summed E-state index contributed by atoms with van der Waals surface area (Å²) in [6, 6.07) is 14.2. The van der Waals surface area contributed by atoms with Gasteiger partial charge in [0.05, 0.1) is 12.6 Å². The average Bonchev–Trinajstić information content (AvgIpc) is 3.16. The number of benzene rings is 2. The molecule has 0 unspecified atom stereocenters. The second kappa shape index (κ2) is 10.4. The van der Waals surface area contributed by atoms with E-state index in [4.69, 9.17) is 0 Å². The molecule has 0 bridgehead atoms. The Morgan fingerprint density at radius 1 is 1.09 bits per heavy atom. The molecule has 2 aromatic rings. The topological polar surface area (TPSA) is 52.6 Å². The summed E-state index contributed by atoms with van der Waals surface area (Å²) >= 11 is 0. The van der Waals surface area contributed by atoms with Crippen LogP contribution in [-0.2, 0) is 6.54 Å². The molecule has 1 aliphatic carbocycles. The van der Waals surface area contributed by atoms with Crippen molar-refractivity contribution in [3.8, 4) is 0 Å². The molecule has 4 nitrogen and oxygen atoms in total. The van der Waals surface area contributed by atoms with Gasteiger partial charge < -0.3 is 10.4 Å². The number of hydrogen-bond acceptors (Lipinski definition) is 3. The predicted octanol–water partition coefficient (Wildman–Crippen LogP) is 5.80. The molecular formula is C29H40N2O2. The summed E-state index contributed by atoms with van der Waals surface area (Å²) in [5.41, 5.74) is 5.41. The Bertz CT molecular complexity index is 945. The Kier molecular flexibility index (Phi) is 7.55. The predicted molar refractivity (Wildman–Crippen MR) is 134 cm³/mol. The van der Waals surface area contributed by atoms with E-state index in [-0.39, 0.29) is 12.5 Å². The van der Waals surface area contributed by atoms with E-state index in [1.54, 1.807) is 0 Å². The van der Waals surface area contributed by atoms with Crippen molar-refractivity contribution in [1.82, 2.24) is 10.2 Å². The van der Waals surface area contributed by atoms with E-state index in [2.05, 4.69) is 43.1 Å². The number of fused-ring (bicyclic) bond motifs is 1. The Morgan fingerprint density at radius 2 is 1.79 bits per heavy atom. The van der Waals surface area contributed by atoms with Gasteiger partial charge in [-0.25, -0.2) is 0 Å². The molecular weight excluding hydrogens is 408 g/mol. The van der Waals surface area contributed by atoms with Crippen LogP contribution in [0, 0.1) is 24.7 Å². The van der Waals surface area contributed by atoms with E-state index in [1.807, 2.05) is 37.3 Å². The van der Waals surface area contributed by atoms with Gasteiger partial charge in [0.1, 0.15) is 0 Å². The summed E-state index contributed by atoms with van der Waals surface area (Å²) in [6.07, 6.45) is 5.40. The largest absolute Gasteiger partial charge is 0.394 e. The van der Waals surface area contributed by atoms with Crippen LogP contribution < -0.4 is 5.32 Å². The molecule has 4 heteroatoms. The molecule has 1 saturated carbocycles. The smallest absolute Gasteiger partial charge is 0.251 e. The number of rotatable bonds is 7. The van der Waals surface area contributed by atoms with Gasteiger partial charge in [0.25, 0.3) is 5.91 Å². The second-order valence-electron chi connectivity index (χ2n) is 10.8. The van der Waals surface area contributed by atoms with Crippen LogP contribution in [-0.4, -0.2) is 29.1 Å². The average molecular weight is 449 g/mol. The van der Waals surface area contributed by atoms with Gasteiger partial charge in [-0.15, -0.1) is 0 Å². The minimum absolute atomic E-state index is 0.122. The van der Waals surface area contributed by atoms with E-state index in [1.165, 1.54) is 36.8 Å². The fraction of sp³-hybridized carbons (Fsp3) is 0.552. The third-order valence-corrected chi connectivity index (χ3v) is 7.72. The number of aryl methyl sites for hydroxylation is 1. The second-order valence-corrected chi connectivity index (χ2v) is 10.8. The minimum Gasteiger partial charge on any atom is -0.394 e. The van der Waals surface area contributed by atoms with Crippen LogP contribution >= 0.6 is 0 Å². The first-order valence-electron chi connectivity index (χ1n) is 12.7. The first kappa shape index (κ1) is 24.0. The Balaban J connectivity index is 1.47. The molecule has 2 atom stereocenters. The standard InChI is InChI=1S/C29H40N2O2/c1-19(2)28-26-14-13-24(29(33)30-27(18-32)23-11-7-21(4)8-12-23)15-25(26)17-31(28)16-22-9-5-20(3)6-10-22/h7-8,11-15,19-20,22,27-28,32H,5-6,9-10,16-18H2,1-4H3,(H,30,33)/t20-,22-,27-,28+/m0/s1. The van der Waals surface area contributed by atoms with Crippen molar-refractivity contribution in [1.29, 1.82) is 0 Å². The van der Waals surface area contributed by atoms with Crippen LogP contribution in [0.4, 0.5) is 0 Å². The van der Waals surface area contributed by atoms with Gasteiger partial charge in [0.2, 0.25) is 0 Å². The minimum atomic E-state index is -0.403. The van der Waals surface area contributed by atoms with E-state index < -0.39 is 6.04 Å². The van der Waals surface area contributed by atoms with Gasteiger partial charge in [-0.05, 0) is 66.3 Å². The van der Waals surface area contributed by atoms with Crippen LogP contribution in [0.1, 0.15) is 91.1 Å². The fourth-order valence-electron chi connectivity index (χ4n) is 5.76. The normalized spacial score (nSPS) is 24.0. The van der Waals surface area contributed by atoms with Crippen molar-refractivity contribution in [2.45, 2.75) is 72.0 Å². The van der Waals surface area contributed by atoms with Crippen molar-refractivity contribution < 1.29 is 9.90 Å².